The minimum absolute atomic E-state index is 0.201. The lowest BCUT2D eigenvalue weighted by molar-refractivity contribution is -0.120. The maximum atomic E-state index is 13.1. The van der Waals surface area contributed by atoms with E-state index in [1.165, 1.54) is 10.4 Å². The molecule has 2 aliphatic heterocycles. The van der Waals surface area contributed by atoms with Gasteiger partial charge in [-0.05, 0) is 48.8 Å². The fourth-order valence-electron chi connectivity index (χ4n) is 3.95. The summed E-state index contributed by atoms with van der Waals surface area (Å²) in [6.45, 7) is 3.78. The van der Waals surface area contributed by atoms with Crippen molar-refractivity contribution in [2.24, 2.45) is 0 Å². The Morgan fingerprint density at radius 1 is 1.23 bits per heavy atom. The topological polar surface area (TPSA) is 32.8 Å². The van der Waals surface area contributed by atoms with Crippen LogP contribution < -0.4 is 4.90 Å². The van der Waals surface area contributed by atoms with Gasteiger partial charge in [-0.1, -0.05) is 24.3 Å². The molecule has 26 heavy (non-hydrogen) atoms. The quantitative estimate of drug-likeness (QED) is 0.777. The lowest BCUT2D eigenvalue weighted by Gasteiger charge is -2.32. The summed E-state index contributed by atoms with van der Waals surface area (Å²) < 4.78 is 5.82. The number of benzene rings is 1. The van der Waals surface area contributed by atoms with E-state index >= 15 is 0 Å². The Labute approximate surface area is 159 Å². The molecular weight excluding hydrogens is 344 g/mol. The molecule has 3 heterocycles. The molecule has 2 aliphatic rings. The third kappa shape index (κ3) is 4.17. The van der Waals surface area contributed by atoms with Crippen LogP contribution in [0, 0.1) is 0 Å². The Balaban J connectivity index is 1.46. The van der Waals surface area contributed by atoms with E-state index in [-0.39, 0.29) is 12.0 Å². The maximum absolute atomic E-state index is 13.1. The summed E-state index contributed by atoms with van der Waals surface area (Å²) in [6, 6.07) is 12.5. The number of ether oxygens (including phenoxy) is 1. The highest BCUT2D eigenvalue weighted by Crippen LogP contribution is 2.27. The number of carbonyl (C=O) groups excluding carboxylic acids is 1. The summed E-state index contributed by atoms with van der Waals surface area (Å²) in [5, 5.41) is 2.10. The number of thiophene rings is 1. The number of nitrogens with zero attached hydrogens (tertiary/aromatic N) is 2. The second kappa shape index (κ2) is 8.33. The molecular formula is C21H26N2O2S. The highest BCUT2D eigenvalue weighted by molar-refractivity contribution is 7.09. The maximum Gasteiger partial charge on any atom is 0.241 e. The number of rotatable bonds is 6. The molecule has 1 unspecified atom stereocenters. The van der Waals surface area contributed by atoms with Gasteiger partial charge in [-0.25, -0.2) is 0 Å². The van der Waals surface area contributed by atoms with Crippen molar-refractivity contribution in [3.05, 3.63) is 52.2 Å². The molecule has 1 atom stereocenters. The predicted molar refractivity (Wildman–Crippen MR) is 106 cm³/mol. The number of para-hydroxylation sites is 1. The van der Waals surface area contributed by atoms with E-state index in [0.717, 1.165) is 57.6 Å². The Hall–Kier alpha value is -1.69. The number of aryl methyl sites for hydroxylation is 1. The first-order chi connectivity index (χ1) is 12.8. The standard InChI is InChI=1S/C21H26N2O2S/c24-21(23-11-3-7-17-6-1-2-10-20(17)23)16-22(14-18-8-4-12-25-18)15-19-9-5-13-26-19/h1-2,5-6,9-10,13,18H,3-4,7-8,11-12,14-16H2. The van der Waals surface area contributed by atoms with Crippen LogP contribution in [0.15, 0.2) is 41.8 Å². The van der Waals surface area contributed by atoms with Crippen molar-refractivity contribution in [3.63, 3.8) is 0 Å². The number of anilines is 1. The molecule has 0 aliphatic carbocycles. The number of hydrogen-bond donors (Lipinski definition) is 0. The Morgan fingerprint density at radius 3 is 2.96 bits per heavy atom. The van der Waals surface area contributed by atoms with Gasteiger partial charge in [0.05, 0.1) is 12.6 Å². The minimum Gasteiger partial charge on any atom is -0.377 e. The average Bonchev–Trinajstić information content (AvgIpc) is 3.35. The second-order valence-corrected chi connectivity index (χ2v) is 8.19. The van der Waals surface area contributed by atoms with E-state index in [2.05, 4.69) is 40.6 Å². The minimum atomic E-state index is 0.201. The van der Waals surface area contributed by atoms with Crippen molar-refractivity contribution in [3.8, 4) is 0 Å². The van der Waals surface area contributed by atoms with Crippen LogP contribution in [-0.4, -0.2) is 43.2 Å². The average molecular weight is 371 g/mol. The van der Waals surface area contributed by atoms with Crippen molar-refractivity contribution >= 4 is 22.9 Å². The molecule has 4 rings (SSSR count). The Bertz CT molecular complexity index is 725. The third-order valence-electron chi connectivity index (χ3n) is 5.22. The van der Waals surface area contributed by atoms with E-state index in [4.69, 9.17) is 4.74 Å². The first kappa shape index (κ1) is 17.7. The first-order valence-electron chi connectivity index (χ1n) is 9.54. The molecule has 1 fully saturated rings. The van der Waals surface area contributed by atoms with Gasteiger partial charge in [0.15, 0.2) is 0 Å². The Morgan fingerprint density at radius 2 is 2.15 bits per heavy atom. The molecule has 1 amide bonds. The normalized spacial score (nSPS) is 19.7. The summed E-state index contributed by atoms with van der Waals surface area (Å²) in [7, 11) is 0. The number of carbonyl (C=O) groups is 1. The summed E-state index contributed by atoms with van der Waals surface area (Å²) in [5.74, 6) is 0.201. The molecule has 5 heteroatoms. The van der Waals surface area contributed by atoms with Crippen molar-refractivity contribution in [2.45, 2.75) is 38.3 Å². The number of fused-ring (bicyclic) bond motifs is 1. The van der Waals surface area contributed by atoms with Gasteiger partial charge in [0.1, 0.15) is 0 Å². The van der Waals surface area contributed by atoms with Gasteiger partial charge in [0, 0.05) is 36.8 Å². The zero-order valence-corrected chi connectivity index (χ0v) is 15.9. The van der Waals surface area contributed by atoms with E-state index in [0.29, 0.717) is 6.54 Å². The summed E-state index contributed by atoms with van der Waals surface area (Å²) in [4.78, 5) is 18.7. The molecule has 0 bridgehead atoms. The van der Waals surface area contributed by atoms with Crippen LogP contribution in [0.5, 0.6) is 0 Å². The van der Waals surface area contributed by atoms with Crippen molar-refractivity contribution < 1.29 is 9.53 Å². The fourth-order valence-corrected chi connectivity index (χ4v) is 4.70. The van der Waals surface area contributed by atoms with Gasteiger partial charge < -0.3 is 9.64 Å². The van der Waals surface area contributed by atoms with Gasteiger partial charge in [-0.15, -0.1) is 11.3 Å². The number of amides is 1. The van der Waals surface area contributed by atoms with Crippen molar-refractivity contribution in [1.29, 1.82) is 0 Å². The molecule has 0 saturated carbocycles. The zero-order valence-electron chi connectivity index (χ0n) is 15.1. The molecule has 1 saturated heterocycles. The van der Waals surface area contributed by atoms with Crippen LogP contribution in [0.25, 0.3) is 0 Å². The van der Waals surface area contributed by atoms with E-state index in [1.54, 1.807) is 11.3 Å². The molecule has 1 aromatic heterocycles. The van der Waals surface area contributed by atoms with Crippen LogP contribution >= 0.6 is 11.3 Å². The smallest absolute Gasteiger partial charge is 0.241 e. The van der Waals surface area contributed by atoms with Crippen LogP contribution in [-0.2, 0) is 22.5 Å². The highest BCUT2D eigenvalue weighted by atomic mass is 32.1. The lowest BCUT2D eigenvalue weighted by atomic mass is 10.0. The molecule has 0 N–H and O–H groups in total. The summed E-state index contributed by atoms with van der Waals surface area (Å²) in [6.07, 6.45) is 4.59. The molecule has 2 aromatic rings. The SMILES string of the molecule is O=C(CN(Cc1cccs1)CC1CCCO1)N1CCCc2ccccc21. The second-order valence-electron chi connectivity index (χ2n) is 7.16. The Kier molecular flexibility index (Phi) is 5.68. The van der Waals surface area contributed by atoms with Gasteiger partial charge in [-0.3, -0.25) is 9.69 Å². The molecule has 138 valence electrons. The molecule has 1 aromatic carbocycles. The number of hydrogen-bond acceptors (Lipinski definition) is 4. The van der Waals surface area contributed by atoms with Crippen molar-refractivity contribution in [1.82, 2.24) is 4.90 Å². The van der Waals surface area contributed by atoms with Crippen LogP contribution in [0.2, 0.25) is 0 Å². The molecule has 0 radical (unpaired) electrons. The fraction of sp³-hybridized carbons (Fsp3) is 0.476. The largest absolute Gasteiger partial charge is 0.377 e. The van der Waals surface area contributed by atoms with Crippen LogP contribution in [0.1, 0.15) is 29.7 Å². The van der Waals surface area contributed by atoms with E-state index < -0.39 is 0 Å². The summed E-state index contributed by atoms with van der Waals surface area (Å²) in [5.41, 5.74) is 2.38. The van der Waals surface area contributed by atoms with Crippen LogP contribution in [0.3, 0.4) is 0 Å². The lowest BCUT2D eigenvalue weighted by Crippen LogP contribution is -2.44. The highest BCUT2D eigenvalue weighted by Gasteiger charge is 2.26. The van der Waals surface area contributed by atoms with Gasteiger partial charge in [-0.2, -0.15) is 0 Å². The molecule has 4 nitrogen and oxygen atoms in total. The van der Waals surface area contributed by atoms with Crippen molar-refractivity contribution in [2.75, 3.05) is 31.1 Å². The van der Waals surface area contributed by atoms with Gasteiger partial charge >= 0.3 is 0 Å². The van der Waals surface area contributed by atoms with E-state index in [1.807, 2.05) is 11.0 Å². The third-order valence-corrected chi connectivity index (χ3v) is 6.08. The van der Waals surface area contributed by atoms with E-state index in [9.17, 15) is 4.79 Å². The van der Waals surface area contributed by atoms with Gasteiger partial charge in [0.25, 0.3) is 0 Å². The monoisotopic (exact) mass is 370 g/mol. The van der Waals surface area contributed by atoms with Gasteiger partial charge in [0.2, 0.25) is 5.91 Å². The zero-order chi connectivity index (χ0) is 17.8. The summed E-state index contributed by atoms with van der Waals surface area (Å²) >= 11 is 1.75. The first-order valence-corrected chi connectivity index (χ1v) is 10.4. The molecule has 0 spiro atoms. The predicted octanol–water partition coefficient (Wildman–Crippen LogP) is 3.71. The van der Waals surface area contributed by atoms with Crippen LogP contribution in [0.4, 0.5) is 5.69 Å².